The van der Waals surface area contributed by atoms with Crippen LogP contribution < -0.4 is 5.32 Å². The Bertz CT molecular complexity index is 297. The molecule has 0 radical (unpaired) electrons. The van der Waals surface area contributed by atoms with Crippen molar-refractivity contribution in [2.45, 2.75) is 45.2 Å². The van der Waals surface area contributed by atoms with Crippen LogP contribution in [0.25, 0.3) is 0 Å². The largest absolute Gasteiger partial charge is 0.378 e. The smallest absolute Gasteiger partial charge is 0.239 e. The molecule has 0 saturated carbocycles. The van der Waals surface area contributed by atoms with E-state index in [0.717, 1.165) is 39.0 Å². The number of nitrogens with zero attached hydrogens (tertiary/aromatic N) is 2. The average Bonchev–Trinajstić information content (AvgIpc) is 2.49. The maximum Gasteiger partial charge on any atom is 0.239 e. The highest BCUT2D eigenvalue weighted by atomic mass is 16.5. The van der Waals surface area contributed by atoms with Gasteiger partial charge in [0.15, 0.2) is 0 Å². The van der Waals surface area contributed by atoms with Gasteiger partial charge in [-0.2, -0.15) is 0 Å². The third-order valence-electron chi connectivity index (χ3n) is 4.31. The van der Waals surface area contributed by atoms with Crippen LogP contribution in [-0.2, 0) is 9.53 Å². The van der Waals surface area contributed by atoms with Crippen LogP contribution in [0.15, 0.2) is 0 Å². The first-order valence-corrected chi connectivity index (χ1v) is 8.05. The van der Waals surface area contributed by atoms with Crippen LogP contribution >= 0.6 is 0 Å². The van der Waals surface area contributed by atoms with E-state index in [1.54, 1.807) is 0 Å². The molecule has 2 rings (SSSR count). The Hall–Kier alpha value is -0.650. The van der Waals surface area contributed by atoms with E-state index in [1.807, 2.05) is 11.8 Å². The van der Waals surface area contributed by atoms with E-state index in [1.165, 1.54) is 13.0 Å². The first-order valence-electron chi connectivity index (χ1n) is 8.05. The fourth-order valence-electron chi connectivity index (χ4n) is 3.12. The predicted octanol–water partition coefficient (Wildman–Crippen LogP) is 0.698. The Balaban J connectivity index is 1.71. The van der Waals surface area contributed by atoms with Crippen molar-refractivity contribution in [1.82, 2.24) is 15.1 Å². The topological polar surface area (TPSA) is 44.8 Å². The number of hydrogen-bond acceptors (Lipinski definition) is 4. The van der Waals surface area contributed by atoms with Crippen LogP contribution in [0.4, 0.5) is 0 Å². The molecule has 1 N–H and O–H groups in total. The molecule has 20 heavy (non-hydrogen) atoms. The third-order valence-corrected chi connectivity index (χ3v) is 4.31. The van der Waals surface area contributed by atoms with Gasteiger partial charge in [0.1, 0.15) is 0 Å². The zero-order valence-electron chi connectivity index (χ0n) is 12.9. The molecule has 2 saturated heterocycles. The van der Waals surface area contributed by atoms with Crippen LogP contribution in [0.5, 0.6) is 0 Å². The number of amides is 1. The summed E-state index contributed by atoms with van der Waals surface area (Å²) in [6, 6.07) is 0.416. The van der Waals surface area contributed by atoms with Crippen LogP contribution in [0.2, 0.25) is 0 Å². The Morgan fingerprint density at radius 2 is 1.90 bits per heavy atom. The maximum absolute atomic E-state index is 12.3. The Kier molecular flexibility index (Phi) is 6.26. The molecular formula is C15H29N3O2. The Morgan fingerprint density at radius 3 is 2.50 bits per heavy atom. The molecule has 0 aromatic heterocycles. The zero-order chi connectivity index (χ0) is 14.4. The number of morpholine rings is 1. The van der Waals surface area contributed by atoms with Gasteiger partial charge in [-0.3, -0.25) is 4.79 Å². The monoisotopic (exact) mass is 283 g/mol. The summed E-state index contributed by atoms with van der Waals surface area (Å²) >= 11 is 0. The molecule has 1 unspecified atom stereocenters. The molecule has 0 aromatic carbocycles. The molecule has 116 valence electrons. The second-order valence-corrected chi connectivity index (χ2v) is 5.94. The van der Waals surface area contributed by atoms with Gasteiger partial charge < -0.3 is 19.9 Å². The van der Waals surface area contributed by atoms with Crippen LogP contribution in [0.1, 0.15) is 33.1 Å². The normalized spacial score (nSPS) is 23.8. The molecular weight excluding hydrogens is 254 g/mol. The highest BCUT2D eigenvalue weighted by Gasteiger charge is 2.26. The lowest BCUT2D eigenvalue weighted by atomic mass is 10.0. The number of carbonyl (C=O) groups is 1. The summed E-state index contributed by atoms with van der Waals surface area (Å²) in [7, 11) is 0. The minimum absolute atomic E-state index is 0.0733. The summed E-state index contributed by atoms with van der Waals surface area (Å²) in [5.74, 6) is 0.226. The van der Waals surface area contributed by atoms with E-state index in [2.05, 4.69) is 17.1 Å². The quantitative estimate of drug-likeness (QED) is 0.807. The zero-order valence-corrected chi connectivity index (χ0v) is 12.9. The number of nitrogens with one attached hydrogen (secondary N) is 1. The van der Waals surface area contributed by atoms with E-state index in [-0.39, 0.29) is 11.9 Å². The van der Waals surface area contributed by atoms with Gasteiger partial charge in [0.2, 0.25) is 5.91 Å². The SMILES string of the molecule is CCCN1CCC(NC(C)C(=O)N2CCOCC2)CC1. The van der Waals surface area contributed by atoms with E-state index in [9.17, 15) is 4.79 Å². The number of likely N-dealkylation sites (tertiary alicyclic amines) is 1. The molecule has 0 aromatic rings. The highest BCUT2D eigenvalue weighted by Crippen LogP contribution is 2.12. The van der Waals surface area contributed by atoms with E-state index >= 15 is 0 Å². The van der Waals surface area contributed by atoms with Gasteiger partial charge in [-0.05, 0) is 45.8 Å². The molecule has 5 heteroatoms. The van der Waals surface area contributed by atoms with Gasteiger partial charge >= 0.3 is 0 Å². The molecule has 0 spiro atoms. The molecule has 2 heterocycles. The van der Waals surface area contributed by atoms with Crippen molar-refractivity contribution in [2.24, 2.45) is 0 Å². The van der Waals surface area contributed by atoms with Crippen LogP contribution in [0, 0.1) is 0 Å². The lowest BCUT2D eigenvalue weighted by Gasteiger charge is -2.35. The fourth-order valence-corrected chi connectivity index (χ4v) is 3.12. The lowest BCUT2D eigenvalue weighted by molar-refractivity contribution is -0.137. The summed E-state index contributed by atoms with van der Waals surface area (Å²) < 4.78 is 5.29. The van der Waals surface area contributed by atoms with Gasteiger partial charge in [-0.25, -0.2) is 0 Å². The molecule has 2 aliphatic heterocycles. The van der Waals surface area contributed by atoms with Gasteiger partial charge in [-0.1, -0.05) is 6.92 Å². The molecule has 1 atom stereocenters. The maximum atomic E-state index is 12.3. The number of rotatable bonds is 5. The van der Waals surface area contributed by atoms with Crippen molar-refractivity contribution in [1.29, 1.82) is 0 Å². The summed E-state index contributed by atoms with van der Waals surface area (Å²) in [5.41, 5.74) is 0. The molecule has 0 bridgehead atoms. The Morgan fingerprint density at radius 1 is 1.25 bits per heavy atom. The summed E-state index contributed by atoms with van der Waals surface area (Å²) in [5, 5.41) is 3.52. The van der Waals surface area contributed by atoms with Crippen molar-refractivity contribution < 1.29 is 9.53 Å². The van der Waals surface area contributed by atoms with Crippen molar-refractivity contribution >= 4 is 5.91 Å². The number of ether oxygens (including phenoxy) is 1. The van der Waals surface area contributed by atoms with Crippen molar-refractivity contribution in [3.8, 4) is 0 Å². The highest BCUT2D eigenvalue weighted by molar-refractivity contribution is 5.81. The van der Waals surface area contributed by atoms with Gasteiger partial charge in [0.25, 0.3) is 0 Å². The van der Waals surface area contributed by atoms with Crippen LogP contribution in [-0.4, -0.2) is 73.7 Å². The minimum Gasteiger partial charge on any atom is -0.378 e. The molecule has 2 aliphatic rings. The fraction of sp³-hybridized carbons (Fsp3) is 0.933. The van der Waals surface area contributed by atoms with Crippen molar-refractivity contribution in [3.63, 3.8) is 0 Å². The van der Waals surface area contributed by atoms with Gasteiger partial charge in [0, 0.05) is 19.1 Å². The third kappa shape index (κ3) is 4.43. The molecule has 0 aliphatic carbocycles. The summed E-state index contributed by atoms with van der Waals surface area (Å²) in [6.45, 7) is 10.6. The first kappa shape index (κ1) is 15.7. The predicted molar refractivity (Wildman–Crippen MR) is 79.7 cm³/mol. The second-order valence-electron chi connectivity index (χ2n) is 5.94. The van der Waals surface area contributed by atoms with E-state index in [4.69, 9.17) is 4.74 Å². The molecule has 1 amide bonds. The number of piperidine rings is 1. The molecule has 2 fully saturated rings. The number of carbonyl (C=O) groups excluding carboxylic acids is 1. The minimum atomic E-state index is -0.0733. The summed E-state index contributed by atoms with van der Waals surface area (Å²) in [4.78, 5) is 16.8. The van der Waals surface area contributed by atoms with Crippen molar-refractivity contribution in [3.05, 3.63) is 0 Å². The lowest BCUT2D eigenvalue weighted by Crippen LogP contribution is -2.53. The van der Waals surface area contributed by atoms with Gasteiger partial charge in [-0.15, -0.1) is 0 Å². The van der Waals surface area contributed by atoms with E-state index < -0.39 is 0 Å². The average molecular weight is 283 g/mol. The van der Waals surface area contributed by atoms with E-state index in [0.29, 0.717) is 19.3 Å². The standard InChI is InChI=1S/C15H29N3O2/c1-3-6-17-7-4-14(5-8-17)16-13(2)15(19)18-9-11-20-12-10-18/h13-14,16H,3-12H2,1-2H3. The van der Waals surface area contributed by atoms with Gasteiger partial charge in [0.05, 0.1) is 19.3 Å². The first-order chi connectivity index (χ1) is 9.70. The second kappa shape index (κ2) is 7.96. The van der Waals surface area contributed by atoms with Crippen LogP contribution in [0.3, 0.4) is 0 Å². The summed E-state index contributed by atoms with van der Waals surface area (Å²) in [6.07, 6.45) is 3.53. The Labute approximate surface area is 122 Å². The van der Waals surface area contributed by atoms with Crippen molar-refractivity contribution in [2.75, 3.05) is 45.9 Å². The number of hydrogen-bond donors (Lipinski definition) is 1. The molecule has 5 nitrogen and oxygen atoms in total.